The summed E-state index contributed by atoms with van der Waals surface area (Å²) in [4.78, 5) is 24.5. The predicted molar refractivity (Wildman–Crippen MR) is 84.0 cm³/mol. The summed E-state index contributed by atoms with van der Waals surface area (Å²) in [5.41, 5.74) is 6.74. The van der Waals surface area contributed by atoms with E-state index in [1.54, 1.807) is 17.0 Å². The van der Waals surface area contributed by atoms with Crippen LogP contribution < -0.4 is 16.4 Å². The summed E-state index contributed by atoms with van der Waals surface area (Å²) in [6, 6.07) is 6.82. The largest absolute Gasteiger partial charge is 0.351 e. The molecule has 6 nitrogen and oxygen atoms in total. The standard InChI is InChI=1S/C15H24N4O2/c1-4-19(5-2)14(20)10-17-11(3)12-6-8-13(9-7-12)18-15(16)21/h6-9,11,17H,4-5,10H2,1-3H3,(H3,16,18,21). The lowest BCUT2D eigenvalue weighted by Crippen LogP contribution is -2.38. The van der Waals surface area contributed by atoms with Gasteiger partial charge in [0.2, 0.25) is 5.91 Å². The third kappa shape index (κ3) is 5.43. The van der Waals surface area contributed by atoms with E-state index in [1.165, 1.54) is 0 Å². The highest BCUT2D eigenvalue weighted by Gasteiger charge is 2.11. The van der Waals surface area contributed by atoms with Crippen molar-refractivity contribution in [3.8, 4) is 0 Å². The molecule has 0 saturated heterocycles. The van der Waals surface area contributed by atoms with E-state index in [4.69, 9.17) is 5.73 Å². The average Bonchev–Trinajstić information content (AvgIpc) is 2.46. The van der Waals surface area contributed by atoms with E-state index in [-0.39, 0.29) is 11.9 Å². The van der Waals surface area contributed by atoms with Gasteiger partial charge in [0, 0.05) is 24.8 Å². The van der Waals surface area contributed by atoms with Crippen molar-refractivity contribution < 1.29 is 9.59 Å². The number of nitrogens with two attached hydrogens (primary N) is 1. The van der Waals surface area contributed by atoms with Gasteiger partial charge in [-0.25, -0.2) is 4.79 Å². The molecule has 3 amide bonds. The fraction of sp³-hybridized carbons (Fsp3) is 0.467. The molecule has 0 fully saturated rings. The number of hydrogen-bond donors (Lipinski definition) is 3. The van der Waals surface area contributed by atoms with Crippen molar-refractivity contribution in [3.63, 3.8) is 0 Å². The molecule has 0 heterocycles. The average molecular weight is 292 g/mol. The van der Waals surface area contributed by atoms with Crippen LogP contribution in [-0.4, -0.2) is 36.5 Å². The quantitative estimate of drug-likeness (QED) is 0.714. The first kappa shape index (κ1) is 17.0. The topological polar surface area (TPSA) is 87.5 Å². The molecular formula is C15H24N4O2. The zero-order chi connectivity index (χ0) is 15.8. The second-order valence-electron chi connectivity index (χ2n) is 4.78. The van der Waals surface area contributed by atoms with Crippen LogP contribution in [0.3, 0.4) is 0 Å². The number of primary amides is 1. The summed E-state index contributed by atoms with van der Waals surface area (Å²) in [5, 5.41) is 5.71. The van der Waals surface area contributed by atoms with Crippen molar-refractivity contribution in [2.24, 2.45) is 5.73 Å². The normalized spacial score (nSPS) is 11.8. The molecule has 0 radical (unpaired) electrons. The first-order valence-corrected chi connectivity index (χ1v) is 7.15. The van der Waals surface area contributed by atoms with Gasteiger partial charge < -0.3 is 21.3 Å². The Balaban J connectivity index is 2.53. The molecule has 4 N–H and O–H groups in total. The van der Waals surface area contributed by atoms with Gasteiger partial charge in [-0.2, -0.15) is 0 Å². The number of carbonyl (C=O) groups is 2. The van der Waals surface area contributed by atoms with E-state index < -0.39 is 6.03 Å². The monoisotopic (exact) mass is 292 g/mol. The highest BCUT2D eigenvalue weighted by molar-refractivity contribution is 5.87. The summed E-state index contributed by atoms with van der Waals surface area (Å²) >= 11 is 0. The Morgan fingerprint density at radius 3 is 2.24 bits per heavy atom. The molecule has 1 rings (SSSR count). The molecule has 0 aliphatic rings. The second-order valence-corrected chi connectivity index (χ2v) is 4.78. The molecule has 1 aromatic rings. The van der Waals surface area contributed by atoms with Crippen LogP contribution >= 0.6 is 0 Å². The van der Waals surface area contributed by atoms with Gasteiger partial charge in [-0.1, -0.05) is 12.1 Å². The van der Waals surface area contributed by atoms with Gasteiger partial charge in [0.25, 0.3) is 0 Å². The minimum atomic E-state index is -0.584. The van der Waals surface area contributed by atoms with Crippen molar-refractivity contribution >= 4 is 17.6 Å². The molecule has 21 heavy (non-hydrogen) atoms. The minimum Gasteiger partial charge on any atom is -0.351 e. The number of carbonyl (C=O) groups excluding carboxylic acids is 2. The second kappa shape index (κ2) is 8.26. The van der Waals surface area contributed by atoms with E-state index in [1.807, 2.05) is 32.9 Å². The fourth-order valence-electron chi connectivity index (χ4n) is 2.04. The van der Waals surface area contributed by atoms with Crippen LogP contribution in [0.5, 0.6) is 0 Å². The summed E-state index contributed by atoms with van der Waals surface area (Å²) in [6.07, 6.45) is 0. The molecule has 0 aliphatic carbocycles. The fourth-order valence-corrected chi connectivity index (χ4v) is 2.04. The molecule has 0 bridgehead atoms. The number of rotatable bonds is 7. The Morgan fingerprint density at radius 2 is 1.76 bits per heavy atom. The number of amides is 3. The Morgan fingerprint density at radius 1 is 1.19 bits per heavy atom. The van der Waals surface area contributed by atoms with E-state index in [9.17, 15) is 9.59 Å². The Kier molecular flexibility index (Phi) is 6.68. The first-order valence-electron chi connectivity index (χ1n) is 7.15. The molecule has 0 aliphatic heterocycles. The predicted octanol–water partition coefficient (Wildman–Crippen LogP) is 1.70. The number of likely N-dealkylation sites (N-methyl/N-ethyl adjacent to an activating group) is 1. The summed E-state index contributed by atoms with van der Waals surface area (Å²) < 4.78 is 0. The van der Waals surface area contributed by atoms with Gasteiger partial charge in [0.1, 0.15) is 0 Å². The van der Waals surface area contributed by atoms with Crippen molar-refractivity contribution in [3.05, 3.63) is 29.8 Å². The van der Waals surface area contributed by atoms with Crippen molar-refractivity contribution in [2.45, 2.75) is 26.8 Å². The number of anilines is 1. The zero-order valence-corrected chi connectivity index (χ0v) is 12.8. The van der Waals surface area contributed by atoms with Gasteiger partial charge in [-0.15, -0.1) is 0 Å². The molecular weight excluding hydrogens is 268 g/mol. The highest BCUT2D eigenvalue weighted by Crippen LogP contribution is 2.15. The van der Waals surface area contributed by atoms with Gasteiger partial charge in [0.05, 0.1) is 6.54 Å². The van der Waals surface area contributed by atoms with Crippen LogP contribution in [0.2, 0.25) is 0 Å². The van der Waals surface area contributed by atoms with Crippen LogP contribution in [0, 0.1) is 0 Å². The molecule has 1 atom stereocenters. The number of benzene rings is 1. The van der Waals surface area contributed by atoms with Crippen LogP contribution in [0.1, 0.15) is 32.4 Å². The summed E-state index contributed by atoms with van der Waals surface area (Å²) in [6.45, 7) is 7.68. The van der Waals surface area contributed by atoms with Gasteiger partial charge >= 0.3 is 6.03 Å². The van der Waals surface area contributed by atoms with E-state index >= 15 is 0 Å². The number of nitrogens with zero attached hydrogens (tertiary/aromatic N) is 1. The number of hydrogen-bond acceptors (Lipinski definition) is 3. The SMILES string of the molecule is CCN(CC)C(=O)CNC(C)c1ccc(NC(N)=O)cc1. The minimum absolute atomic E-state index is 0.0483. The smallest absolute Gasteiger partial charge is 0.316 e. The number of nitrogens with one attached hydrogen (secondary N) is 2. The van der Waals surface area contributed by atoms with E-state index in [0.29, 0.717) is 12.2 Å². The Bertz CT molecular complexity index is 469. The third-order valence-electron chi connectivity index (χ3n) is 3.35. The maximum Gasteiger partial charge on any atom is 0.316 e. The molecule has 1 unspecified atom stereocenters. The van der Waals surface area contributed by atoms with Gasteiger partial charge in [0.15, 0.2) is 0 Å². The molecule has 0 saturated carbocycles. The van der Waals surface area contributed by atoms with Crippen LogP contribution in [0.15, 0.2) is 24.3 Å². The van der Waals surface area contributed by atoms with Crippen molar-refractivity contribution in [1.29, 1.82) is 0 Å². The lowest BCUT2D eigenvalue weighted by molar-refractivity contribution is -0.129. The molecule has 0 spiro atoms. The van der Waals surface area contributed by atoms with Gasteiger partial charge in [-0.3, -0.25) is 4.79 Å². The van der Waals surface area contributed by atoms with Crippen LogP contribution in [0.25, 0.3) is 0 Å². The molecule has 116 valence electrons. The molecule has 0 aromatic heterocycles. The summed E-state index contributed by atoms with van der Waals surface area (Å²) in [5.74, 6) is 0.0962. The summed E-state index contributed by atoms with van der Waals surface area (Å²) in [7, 11) is 0. The van der Waals surface area contributed by atoms with Crippen molar-refractivity contribution in [1.82, 2.24) is 10.2 Å². The lowest BCUT2D eigenvalue weighted by atomic mass is 10.1. The first-order chi connectivity index (χ1) is 9.97. The third-order valence-corrected chi connectivity index (χ3v) is 3.35. The Hall–Kier alpha value is -2.08. The maximum atomic E-state index is 11.9. The van der Waals surface area contributed by atoms with Gasteiger partial charge in [-0.05, 0) is 38.5 Å². The molecule has 1 aromatic carbocycles. The number of urea groups is 1. The van der Waals surface area contributed by atoms with Crippen LogP contribution in [0.4, 0.5) is 10.5 Å². The Labute approximate surface area is 125 Å². The van der Waals surface area contributed by atoms with E-state index in [0.717, 1.165) is 18.7 Å². The highest BCUT2D eigenvalue weighted by atomic mass is 16.2. The maximum absolute atomic E-state index is 11.9. The zero-order valence-electron chi connectivity index (χ0n) is 12.8. The molecule has 6 heteroatoms. The van der Waals surface area contributed by atoms with E-state index in [2.05, 4.69) is 10.6 Å². The van der Waals surface area contributed by atoms with Crippen molar-refractivity contribution in [2.75, 3.05) is 25.0 Å². The lowest BCUT2D eigenvalue weighted by Gasteiger charge is -2.21. The van der Waals surface area contributed by atoms with Crippen LogP contribution in [-0.2, 0) is 4.79 Å².